The lowest BCUT2D eigenvalue weighted by atomic mass is 9.77. The SMILES string of the molecule is CC(C)C1CN2CCCCC2CN1C1CCC(C)C(C)C1. The average molecular weight is 293 g/mol. The Balaban J connectivity index is 1.71. The standard InChI is InChI=1S/C19H36N2/c1-14(2)19-13-20-10-6-5-7-18(20)12-21(19)17-9-8-15(3)16(4)11-17/h14-19H,5-13H2,1-4H3. The molecular formula is C19H36N2. The van der Waals surface area contributed by atoms with Crippen molar-refractivity contribution in [2.75, 3.05) is 19.6 Å². The zero-order valence-electron chi connectivity index (χ0n) is 14.7. The van der Waals surface area contributed by atoms with Crippen molar-refractivity contribution in [1.29, 1.82) is 0 Å². The van der Waals surface area contributed by atoms with E-state index in [4.69, 9.17) is 0 Å². The summed E-state index contributed by atoms with van der Waals surface area (Å²) in [6, 6.07) is 2.53. The second kappa shape index (κ2) is 6.58. The first-order valence-corrected chi connectivity index (χ1v) is 9.56. The van der Waals surface area contributed by atoms with Crippen molar-refractivity contribution < 1.29 is 0 Å². The summed E-state index contributed by atoms with van der Waals surface area (Å²) in [5.41, 5.74) is 0. The van der Waals surface area contributed by atoms with Gasteiger partial charge in [-0.1, -0.05) is 34.1 Å². The maximum absolute atomic E-state index is 2.96. The van der Waals surface area contributed by atoms with Gasteiger partial charge in [0.25, 0.3) is 0 Å². The van der Waals surface area contributed by atoms with Crippen LogP contribution in [0.15, 0.2) is 0 Å². The molecule has 3 fully saturated rings. The van der Waals surface area contributed by atoms with Crippen LogP contribution in [0.5, 0.6) is 0 Å². The van der Waals surface area contributed by atoms with Crippen LogP contribution >= 0.6 is 0 Å². The number of piperidine rings is 1. The van der Waals surface area contributed by atoms with Gasteiger partial charge in [0.1, 0.15) is 0 Å². The fourth-order valence-electron chi connectivity index (χ4n) is 5.06. The number of piperazine rings is 1. The highest BCUT2D eigenvalue weighted by atomic mass is 15.3. The molecule has 21 heavy (non-hydrogen) atoms. The third-order valence-corrected chi connectivity index (χ3v) is 6.83. The molecule has 2 heterocycles. The van der Waals surface area contributed by atoms with Gasteiger partial charge < -0.3 is 0 Å². The fourth-order valence-corrected chi connectivity index (χ4v) is 5.06. The lowest BCUT2D eigenvalue weighted by molar-refractivity contribution is -0.0452. The maximum Gasteiger partial charge on any atom is 0.0249 e. The monoisotopic (exact) mass is 292 g/mol. The Morgan fingerprint density at radius 1 is 0.857 bits per heavy atom. The van der Waals surface area contributed by atoms with E-state index < -0.39 is 0 Å². The fraction of sp³-hybridized carbons (Fsp3) is 1.00. The first-order valence-electron chi connectivity index (χ1n) is 9.56. The molecule has 3 rings (SSSR count). The van der Waals surface area contributed by atoms with Crippen molar-refractivity contribution in [3.05, 3.63) is 0 Å². The molecule has 2 heteroatoms. The normalized spacial score (nSPS) is 43.0. The van der Waals surface area contributed by atoms with Crippen molar-refractivity contribution >= 4 is 0 Å². The van der Waals surface area contributed by atoms with Crippen molar-refractivity contribution in [2.45, 2.75) is 84.3 Å². The first kappa shape index (κ1) is 15.8. The molecule has 3 aliphatic rings. The van der Waals surface area contributed by atoms with Gasteiger partial charge in [-0.15, -0.1) is 0 Å². The predicted octanol–water partition coefficient (Wildman–Crippen LogP) is 4.01. The Kier molecular flexibility index (Phi) is 4.95. The molecule has 2 nitrogen and oxygen atoms in total. The van der Waals surface area contributed by atoms with Gasteiger partial charge in [0.15, 0.2) is 0 Å². The molecule has 0 radical (unpaired) electrons. The molecule has 122 valence electrons. The van der Waals surface area contributed by atoms with Crippen molar-refractivity contribution in [1.82, 2.24) is 9.80 Å². The number of rotatable bonds is 2. The largest absolute Gasteiger partial charge is 0.298 e. The van der Waals surface area contributed by atoms with Crippen LogP contribution in [-0.2, 0) is 0 Å². The minimum Gasteiger partial charge on any atom is -0.298 e. The topological polar surface area (TPSA) is 6.48 Å². The Bertz CT molecular complexity index is 340. The second-order valence-electron chi connectivity index (χ2n) is 8.57. The molecule has 1 aliphatic carbocycles. The Morgan fingerprint density at radius 3 is 2.38 bits per heavy atom. The van der Waals surface area contributed by atoms with Gasteiger partial charge in [0.05, 0.1) is 0 Å². The third-order valence-electron chi connectivity index (χ3n) is 6.83. The van der Waals surface area contributed by atoms with Crippen molar-refractivity contribution in [3.8, 4) is 0 Å². The van der Waals surface area contributed by atoms with E-state index in [2.05, 4.69) is 37.5 Å². The molecule has 0 amide bonds. The number of hydrogen-bond donors (Lipinski definition) is 0. The smallest absolute Gasteiger partial charge is 0.0249 e. The highest BCUT2D eigenvalue weighted by Gasteiger charge is 2.40. The van der Waals surface area contributed by atoms with Crippen LogP contribution in [0.4, 0.5) is 0 Å². The van der Waals surface area contributed by atoms with E-state index in [1.165, 1.54) is 58.2 Å². The summed E-state index contributed by atoms with van der Waals surface area (Å²) in [5.74, 6) is 2.65. The summed E-state index contributed by atoms with van der Waals surface area (Å²) in [6.45, 7) is 13.9. The maximum atomic E-state index is 2.96. The van der Waals surface area contributed by atoms with Crippen LogP contribution in [0, 0.1) is 17.8 Å². The highest BCUT2D eigenvalue weighted by molar-refractivity contribution is 4.96. The van der Waals surface area contributed by atoms with E-state index in [1.807, 2.05) is 0 Å². The molecule has 0 aromatic carbocycles. The molecule has 5 atom stereocenters. The Labute approximate surface area is 132 Å². The first-order chi connectivity index (χ1) is 10.1. The van der Waals surface area contributed by atoms with Gasteiger partial charge in [0.2, 0.25) is 0 Å². The molecule has 0 bridgehead atoms. The van der Waals surface area contributed by atoms with Crippen LogP contribution in [0.25, 0.3) is 0 Å². The van der Waals surface area contributed by atoms with E-state index in [1.54, 1.807) is 0 Å². The van der Waals surface area contributed by atoms with Crippen LogP contribution in [-0.4, -0.2) is 47.6 Å². The number of nitrogens with zero attached hydrogens (tertiary/aromatic N) is 2. The molecule has 1 saturated carbocycles. The Hall–Kier alpha value is -0.0800. The third kappa shape index (κ3) is 3.32. The molecule has 2 aliphatic heterocycles. The molecular weight excluding hydrogens is 256 g/mol. The van der Waals surface area contributed by atoms with Crippen LogP contribution in [0.2, 0.25) is 0 Å². The summed E-state index contributed by atoms with van der Waals surface area (Å²) >= 11 is 0. The summed E-state index contributed by atoms with van der Waals surface area (Å²) < 4.78 is 0. The van der Waals surface area contributed by atoms with E-state index in [9.17, 15) is 0 Å². The average Bonchev–Trinajstić information content (AvgIpc) is 2.48. The second-order valence-corrected chi connectivity index (χ2v) is 8.57. The summed E-state index contributed by atoms with van der Waals surface area (Å²) in [6.07, 6.45) is 8.67. The van der Waals surface area contributed by atoms with Gasteiger partial charge in [0, 0.05) is 31.2 Å². The van der Waals surface area contributed by atoms with Gasteiger partial charge in [-0.05, 0) is 56.4 Å². The molecule has 2 saturated heterocycles. The molecule has 0 aromatic rings. The van der Waals surface area contributed by atoms with Gasteiger partial charge in [-0.3, -0.25) is 9.80 Å². The van der Waals surface area contributed by atoms with E-state index in [0.717, 1.165) is 35.9 Å². The minimum atomic E-state index is 0.794. The number of hydrogen-bond acceptors (Lipinski definition) is 2. The van der Waals surface area contributed by atoms with Crippen molar-refractivity contribution in [3.63, 3.8) is 0 Å². The van der Waals surface area contributed by atoms with E-state index in [-0.39, 0.29) is 0 Å². The quantitative estimate of drug-likeness (QED) is 0.759. The van der Waals surface area contributed by atoms with E-state index >= 15 is 0 Å². The molecule has 0 spiro atoms. The highest BCUT2D eigenvalue weighted by Crippen LogP contribution is 2.36. The van der Waals surface area contributed by atoms with E-state index in [0.29, 0.717) is 0 Å². The lowest BCUT2D eigenvalue weighted by Gasteiger charge is -2.53. The van der Waals surface area contributed by atoms with Crippen LogP contribution in [0.1, 0.15) is 66.2 Å². The van der Waals surface area contributed by atoms with Gasteiger partial charge in [-0.2, -0.15) is 0 Å². The summed E-state index contributed by atoms with van der Waals surface area (Å²) in [7, 11) is 0. The Morgan fingerprint density at radius 2 is 1.67 bits per heavy atom. The lowest BCUT2D eigenvalue weighted by Crippen LogP contribution is -2.63. The zero-order chi connectivity index (χ0) is 15.0. The van der Waals surface area contributed by atoms with Gasteiger partial charge in [-0.25, -0.2) is 0 Å². The molecule has 0 N–H and O–H groups in total. The molecule has 5 unspecified atom stereocenters. The predicted molar refractivity (Wildman–Crippen MR) is 90.5 cm³/mol. The zero-order valence-corrected chi connectivity index (χ0v) is 14.7. The van der Waals surface area contributed by atoms with Crippen LogP contribution in [0.3, 0.4) is 0 Å². The van der Waals surface area contributed by atoms with Crippen molar-refractivity contribution in [2.24, 2.45) is 17.8 Å². The number of fused-ring (bicyclic) bond motifs is 1. The summed E-state index contributed by atoms with van der Waals surface area (Å²) in [4.78, 5) is 5.78. The summed E-state index contributed by atoms with van der Waals surface area (Å²) in [5, 5.41) is 0. The minimum absolute atomic E-state index is 0.794. The van der Waals surface area contributed by atoms with Gasteiger partial charge >= 0.3 is 0 Å². The van der Waals surface area contributed by atoms with Crippen LogP contribution < -0.4 is 0 Å². The molecule has 0 aromatic heterocycles.